The minimum atomic E-state index is 0.574. The van der Waals surface area contributed by atoms with Crippen molar-refractivity contribution in [3.05, 3.63) is 29.8 Å². The maximum absolute atomic E-state index is 3.64. The van der Waals surface area contributed by atoms with E-state index in [9.17, 15) is 0 Å². The van der Waals surface area contributed by atoms with Crippen LogP contribution in [-0.2, 0) is 6.54 Å². The smallest absolute Gasteiger partial charge is 0.0342 e. The van der Waals surface area contributed by atoms with Gasteiger partial charge in [0.1, 0.15) is 0 Å². The van der Waals surface area contributed by atoms with Gasteiger partial charge in [-0.3, -0.25) is 4.90 Å². The molecule has 1 unspecified atom stereocenters. The van der Waals surface area contributed by atoms with Crippen molar-refractivity contribution < 1.29 is 0 Å². The molecule has 1 aromatic carbocycles. The number of benzene rings is 1. The minimum absolute atomic E-state index is 0.574. The topological polar surface area (TPSA) is 15.3 Å². The van der Waals surface area contributed by atoms with Crippen LogP contribution < -0.4 is 5.32 Å². The SMILES string of the molecule is CCC(Nc1ccc(CN2CCCC2)cc1)C(C)C. The monoisotopic (exact) mass is 260 g/mol. The van der Waals surface area contributed by atoms with Gasteiger partial charge in [0, 0.05) is 18.3 Å². The molecule has 1 aliphatic heterocycles. The first kappa shape index (κ1) is 14.4. The zero-order valence-electron chi connectivity index (χ0n) is 12.7. The van der Waals surface area contributed by atoms with Crippen molar-refractivity contribution in [2.75, 3.05) is 18.4 Å². The zero-order valence-corrected chi connectivity index (χ0v) is 12.7. The molecule has 0 amide bonds. The summed E-state index contributed by atoms with van der Waals surface area (Å²) in [6, 6.07) is 9.58. The molecular weight excluding hydrogens is 232 g/mol. The third-order valence-electron chi connectivity index (χ3n) is 4.16. The molecule has 1 aromatic rings. The summed E-state index contributed by atoms with van der Waals surface area (Å²) in [5.41, 5.74) is 2.69. The second kappa shape index (κ2) is 6.95. The molecule has 1 fully saturated rings. The highest BCUT2D eigenvalue weighted by molar-refractivity contribution is 5.45. The molecule has 2 nitrogen and oxygen atoms in total. The summed E-state index contributed by atoms with van der Waals surface area (Å²) >= 11 is 0. The Kier molecular flexibility index (Phi) is 5.26. The standard InChI is InChI=1S/C17H28N2/c1-4-17(14(2)3)18-16-9-7-15(8-10-16)13-19-11-5-6-12-19/h7-10,14,17-18H,4-6,11-13H2,1-3H3. The van der Waals surface area contributed by atoms with Crippen molar-refractivity contribution in [1.82, 2.24) is 4.90 Å². The molecule has 0 aromatic heterocycles. The van der Waals surface area contributed by atoms with Crippen LogP contribution in [0.5, 0.6) is 0 Å². The first-order valence-electron chi connectivity index (χ1n) is 7.77. The van der Waals surface area contributed by atoms with Crippen LogP contribution in [0.3, 0.4) is 0 Å². The molecule has 1 heterocycles. The lowest BCUT2D eigenvalue weighted by Crippen LogP contribution is -2.24. The van der Waals surface area contributed by atoms with E-state index in [1.165, 1.54) is 43.6 Å². The molecule has 1 saturated heterocycles. The largest absolute Gasteiger partial charge is 0.382 e. The fourth-order valence-corrected chi connectivity index (χ4v) is 2.86. The molecule has 0 bridgehead atoms. The van der Waals surface area contributed by atoms with Crippen molar-refractivity contribution in [2.24, 2.45) is 5.92 Å². The quantitative estimate of drug-likeness (QED) is 0.827. The second-order valence-electron chi connectivity index (χ2n) is 6.08. The zero-order chi connectivity index (χ0) is 13.7. The summed E-state index contributed by atoms with van der Waals surface area (Å²) in [7, 11) is 0. The van der Waals surface area contributed by atoms with Crippen LogP contribution in [0.25, 0.3) is 0 Å². The molecule has 0 saturated carbocycles. The van der Waals surface area contributed by atoms with Crippen LogP contribution in [0.4, 0.5) is 5.69 Å². The van der Waals surface area contributed by atoms with Crippen molar-refractivity contribution in [3.63, 3.8) is 0 Å². The average Bonchev–Trinajstić information content (AvgIpc) is 2.90. The van der Waals surface area contributed by atoms with Gasteiger partial charge in [0.15, 0.2) is 0 Å². The van der Waals surface area contributed by atoms with Crippen LogP contribution in [0.15, 0.2) is 24.3 Å². The Labute approximate surface area is 118 Å². The highest BCUT2D eigenvalue weighted by Gasteiger charge is 2.12. The van der Waals surface area contributed by atoms with E-state index in [0.29, 0.717) is 12.0 Å². The van der Waals surface area contributed by atoms with Gasteiger partial charge in [0.05, 0.1) is 0 Å². The number of nitrogens with one attached hydrogen (secondary N) is 1. The lowest BCUT2D eigenvalue weighted by atomic mass is 10.0. The van der Waals surface area contributed by atoms with Gasteiger partial charge < -0.3 is 5.32 Å². The summed E-state index contributed by atoms with van der Waals surface area (Å²) in [6.45, 7) is 10.5. The van der Waals surface area contributed by atoms with Crippen molar-refractivity contribution in [1.29, 1.82) is 0 Å². The number of hydrogen-bond acceptors (Lipinski definition) is 2. The van der Waals surface area contributed by atoms with Crippen LogP contribution in [0.2, 0.25) is 0 Å². The molecule has 2 rings (SSSR count). The molecular formula is C17H28N2. The van der Waals surface area contributed by atoms with E-state index < -0.39 is 0 Å². The molecule has 19 heavy (non-hydrogen) atoms. The molecule has 1 N–H and O–H groups in total. The van der Waals surface area contributed by atoms with Gasteiger partial charge in [0.2, 0.25) is 0 Å². The number of likely N-dealkylation sites (tertiary alicyclic amines) is 1. The van der Waals surface area contributed by atoms with E-state index in [1.54, 1.807) is 0 Å². The molecule has 1 atom stereocenters. The Morgan fingerprint density at radius 1 is 1.11 bits per heavy atom. The summed E-state index contributed by atoms with van der Waals surface area (Å²) in [5.74, 6) is 0.675. The normalized spacial score (nSPS) is 17.9. The lowest BCUT2D eigenvalue weighted by molar-refractivity contribution is 0.331. The van der Waals surface area contributed by atoms with Crippen LogP contribution >= 0.6 is 0 Å². The fourth-order valence-electron chi connectivity index (χ4n) is 2.86. The van der Waals surface area contributed by atoms with Crippen molar-refractivity contribution in [3.8, 4) is 0 Å². The Hall–Kier alpha value is -1.02. The fraction of sp³-hybridized carbons (Fsp3) is 0.647. The first-order valence-corrected chi connectivity index (χ1v) is 7.77. The summed E-state index contributed by atoms with van der Waals surface area (Å²) < 4.78 is 0. The first-order chi connectivity index (χ1) is 9.19. The lowest BCUT2D eigenvalue weighted by Gasteiger charge is -2.22. The summed E-state index contributed by atoms with van der Waals surface area (Å²) in [4.78, 5) is 2.55. The summed E-state index contributed by atoms with van der Waals surface area (Å²) in [6.07, 6.45) is 3.91. The highest BCUT2D eigenvalue weighted by atomic mass is 15.1. The van der Waals surface area contributed by atoms with E-state index in [2.05, 4.69) is 55.3 Å². The highest BCUT2D eigenvalue weighted by Crippen LogP contribution is 2.18. The van der Waals surface area contributed by atoms with Gasteiger partial charge in [-0.1, -0.05) is 32.9 Å². The number of rotatable bonds is 6. The van der Waals surface area contributed by atoms with E-state index in [1.807, 2.05) is 0 Å². The van der Waals surface area contributed by atoms with Crippen LogP contribution in [-0.4, -0.2) is 24.0 Å². The van der Waals surface area contributed by atoms with Crippen LogP contribution in [0.1, 0.15) is 45.6 Å². The number of anilines is 1. The molecule has 1 aliphatic rings. The van der Waals surface area contributed by atoms with Gasteiger partial charge in [-0.15, -0.1) is 0 Å². The van der Waals surface area contributed by atoms with Gasteiger partial charge in [0.25, 0.3) is 0 Å². The third kappa shape index (κ3) is 4.24. The van der Waals surface area contributed by atoms with E-state index in [0.717, 1.165) is 6.54 Å². The van der Waals surface area contributed by atoms with Gasteiger partial charge in [-0.2, -0.15) is 0 Å². The Bertz CT molecular complexity index is 363. The molecule has 0 aliphatic carbocycles. The maximum atomic E-state index is 3.64. The average molecular weight is 260 g/mol. The third-order valence-corrected chi connectivity index (χ3v) is 4.16. The predicted molar refractivity (Wildman–Crippen MR) is 83.5 cm³/mol. The second-order valence-corrected chi connectivity index (χ2v) is 6.08. The van der Waals surface area contributed by atoms with E-state index in [4.69, 9.17) is 0 Å². The predicted octanol–water partition coefficient (Wildman–Crippen LogP) is 4.13. The molecule has 2 heteroatoms. The molecule has 0 spiro atoms. The molecule has 0 radical (unpaired) electrons. The molecule has 106 valence electrons. The van der Waals surface area contributed by atoms with Gasteiger partial charge in [-0.05, 0) is 56.0 Å². The van der Waals surface area contributed by atoms with E-state index in [-0.39, 0.29) is 0 Å². The van der Waals surface area contributed by atoms with Gasteiger partial charge in [-0.25, -0.2) is 0 Å². The van der Waals surface area contributed by atoms with Crippen molar-refractivity contribution in [2.45, 2.75) is 52.6 Å². The maximum Gasteiger partial charge on any atom is 0.0342 e. The summed E-state index contributed by atoms with van der Waals surface area (Å²) in [5, 5.41) is 3.64. The Morgan fingerprint density at radius 3 is 2.26 bits per heavy atom. The number of hydrogen-bond donors (Lipinski definition) is 1. The number of nitrogens with zero attached hydrogens (tertiary/aromatic N) is 1. The van der Waals surface area contributed by atoms with Crippen LogP contribution in [0, 0.1) is 5.92 Å². The van der Waals surface area contributed by atoms with E-state index >= 15 is 0 Å². The van der Waals surface area contributed by atoms with Crippen molar-refractivity contribution >= 4 is 5.69 Å². The Balaban J connectivity index is 1.90. The Morgan fingerprint density at radius 2 is 1.74 bits per heavy atom. The van der Waals surface area contributed by atoms with Gasteiger partial charge >= 0.3 is 0 Å². The minimum Gasteiger partial charge on any atom is -0.382 e.